The minimum absolute atomic E-state index is 0.0341. The van der Waals surface area contributed by atoms with Gasteiger partial charge in [-0.1, -0.05) is 11.6 Å². The number of aliphatic hydroxyl groups is 1. The predicted octanol–water partition coefficient (Wildman–Crippen LogP) is 1.60. The monoisotopic (exact) mass is 299 g/mol. The van der Waals surface area contributed by atoms with Crippen molar-refractivity contribution in [2.24, 2.45) is 0 Å². The molecule has 0 aliphatic rings. The van der Waals surface area contributed by atoms with Crippen LogP contribution >= 0.6 is 11.6 Å². The molecule has 0 saturated carbocycles. The number of hydrogen-bond acceptors (Lipinski definition) is 4. The normalized spacial score (nSPS) is 12.2. The van der Waals surface area contributed by atoms with E-state index in [1.54, 1.807) is 19.9 Å². The number of nitrogens with zero attached hydrogens (tertiary/aromatic N) is 1. The van der Waals surface area contributed by atoms with Gasteiger partial charge in [0.2, 0.25) is 0 Å². The molecule has 0 spiro atoms. The molecule has 20 heavy (non-hydrogen) atoms. The lowest BCUT2D eigenvalue weighted by Crippen LogP contribution is -2.53. The molecular weight excluding hydrogens is 283 g/mol. The second kappa shape index (κ2) is 5.70. The third-order valence-electron chi connectivity index (χ3n) is 3.35. The summed E-state index contributed by atoms with van der Waals surface area (Å²) in [6, 6.07) is 3.87. The van der Waals surface area contributed by atoms with Crippen molar-refractivity contribution in [2.45, 2.75) is 38.9 Å². The molecule has 0 aromatic heterocycles. The quantitative estimate of drug-likeness (QED) is 0.828. The van der Waals surface area contributed by atoms with Gasteiger partial charge in [0.15, 0.2) is 0 Å². The third-order valence-corrected chi connectivity index (χ3v) is 3.67. The molecule has 1 rings (SSSR count). The maximum atomic E-state index is 13.8. The second-order valence-electron chi connectivity index (χ2n) is 5.50. The minimum atomic E-state index is -1.62. The Kier molecular flexibility index (Phi) is 4.83. The Bertz CT molecular complexity index is 552. The number of benzene rings is 1. The van der Waals surface area contributed by atoms with E-state index < -0.39 is 24.1 Å². The molecular formula is C13H16BClFNO3. The van der Waals surface area contributed by atoms with Gasteiger partial charge in [0, 0.05) is 5.46 Å². The molecule has 0 bridgehead atoms. The molecule has 0 fully saturated rings. The van der Waals surface area contributed by atoms with Crippen LogP contribution in [0.2, 0.25) is 5.02 Å². The molecule has 0 unspecified atom stereocenters. The summed E-state index contributed by atoms with van der Waals surface area (Å²) < 4.78 is 19.1. The molecule has 0 saturated heterocycles. The van der Waals surface area contributed by atoms with E-state index >= 15 is 0 Å². The highest BCUT2D eigenvalue weighted by Gasteiger charge is 2.40. The highest BCUT2D eigenvalue weighted by molar-refractivity contribution is 6.60. The molecule has 1 aromatic carbocycles. The fraction of sp³-hybridized carbons (Fsp3) is 0.462. The van der Waals surface area contributed by atoms with Crippen LogP contribution < -0.4 is 5.46 Å². The zero-order chi connectivity index (χ0) is 15.7. The van der Waals surface area contributed by atoms with Gasteiger partial charge in [-0.25, -0.2) is 4.39 Å². The van der Waals surface area contributed by atoms with E-state index in [2.05, 4.69) is 0 Å². The van der Waals surface area contributed by atoms with E-state index in [4.69, 9.17) is 21.5 Å². The Labute approximate surface area is 122 Å². The predicted molar refractivity (Wildman–Crippen MR) is 75.2 cm³/mol. The molecule has 0 radical (unpaired) electrons. The van der Waals surface area contributed by atoms with Crippen molar-refractivity contribution < 1.29 is 19.2 Å². The zero-order valence-electron chi connectivity index (χ0n) is 11.7. The van der Waals surface area contributed by atoms with Crippen LogP contribution in [0.1, 0.15) is 33.3 Å². The molecule has 4 nitrogen and oxygen atoms in total. The van der Waals surface area contributed by atoms with Gasteiger partial charge in [0.1, 0.15) is 11.9 Å². The van der Waals surface area contributed by atoms with Crippen LogP contribution in [0.3, 0.4) is 0 Å². The van der Waals surface area contributed by atoms with Gasteiger partial charge >= 0.3 is 7.12 Å². The number of hydrogen-bond donors (Lipinski definition) is 2. The molecule has 0 aliphatic heterocycles. The van der Waals surface area contributed by atoms with Crippen LogP contribution in [0.25, 0.3) is 0 Å². The van der Waals surface area contributed by atoms with Crippen molar-refractivity contribution in [3.8, 4) is 6.07 Å². The average molecular weight is 300 g/mol. The largest absolute Gasteiger partial charge is 0.494 e. The Morgan fingerprint density at radius 2 is 1.90 bits per heavy atom. The first-order chi connectivity index (χ1) is 8.99. The van der Waals surface area contributed by atoms with Crippen molar-refractivity contribution in [1.82, 2.24) is 0 Å². The van der Waals surface area contributed by atoms with E-state index in [-0.39, 0.29) is 16.0 Å². The fourth-order valence-electron chi connectivity index (χ4n) is 1.33. The van der Waals surface area contributed by atoms with Gasteiger partial charge in [0.25, 0.3) is 0 Å². The van der Waals surface area contributed by atoms with Crippen LogP contribution in [0, 0.1) is 17.1 Å². The van der Waals surface area contributed by atoms with Crippen molar-refractivity contribution in [1.29, 1.82) is 5.26 Å². The van der Waals surface area contributed by atoms with Crippen molar-refractivity contribution in [3.63, 3.8) is 0 Å². The number of halogens is 2. The molecule has 0 heterocycles. The van der Waals surface area contributed by atoms with E-state index in [0.29, 0.717) is 0 Å². The van der Waals surface area contributed by atoms with E-state index in [1.807, 2.05) is 0 Å². The summed E-state index contributed by atoms with van der Waals surface area (Å²) in [4.78, 5) is 0. The van der Waals surface area contributed by atoms with Gasteiger partial charge in [0.05, 0.1) is 21.8 Å². The van der Waals surface area contributed by atoms with Gasteiger partial charge < -0.3 is 14.8 Å². The SMILES string of the molecule is CC(C)(O)C(C)(C)OB(O)c1cc(C#N)c(Cl)cc1F. The first-order valence-electron chi connectivity index (χ1n) is 5.97. The Hall–Kier alpha value is -1.13. The Morgan fingerprint density at radius 3 is 2.35 bits per heavy atom. The zero-order valence-corrected chi connectivity index (χ0v) is 12.5. The summed E-state index contributed by atoms with van der Waals surface area (Å²) in [5.41, 5.74) is -2.56. The van der Waals surface area contributed by atoms with Gasteiger partial charge in [-0.05, 0) is 39.8 Å². The average Bonchev–Trinajstić information content (AvgIpc) is 2.26. The van der Waals surface area contributed by atoms with Gasteiger partial charge in [-0.15, -0.1) is 0 Å². The molecule has 7 heteroatoms. The van der Waals surface area contributed by atoms with Crippen molar-refractivity contribution in [2.75, 3.05) is 0 Å². The second-order valence-corrected chi connectivity index (χ2v) is 5.91. The molecule has 0 atom stereocenters. The molecule has 2 N–H and O–H groups in total. The smallest absolute Gasteiger partial charge is 0.423 e. The van der Waals surface area contributed by atoms with Gasteiger partial charge in [-0.2, -0.15) is 5.26 Å². The van der Waals surface area contributed by atoms with Crippen molar-refractivity contribution in [3.05, 3.63) is 28.5 Å². The van der Waals surface area contributed by atoms with Crippen LogP contribution in [0.5, 0.6) is 0 Å². The highest BCUT2D eigenvalue weighted by Crippen LogP contribution is 2.25. The molecule has 108 valence electrons. The third kappa shape index (κ3) is 3.50. The van der Waals surface area contributed by atoms with E-state index in [1.165, 1.54) is 13.8 Å². The van der Waals surface area contributed by atoms with E-state index in [0.717, 1.165) is 12.1 Å². The summed E-state index contributed by atoms with van der Waals surface area (Å²) in [5, 5.41) is 28.8. The van der Waals surface area contributed by atoms with Crippen LogP contribution in [0.4, 0.5) is 4.39 Å². The van der Waals surface area contributed by atoms with Gasteiger partial charge in [-0.3, -0.25) is 0 Å². The Balaban J connectivity index is 3.11. The van der Waals surface area contributed by atoms with Crippen LogP contribution in [-0.4, -0.2) is 28.5 Å². The number of nitriles is 1. The first kappa shape index (κ1) is 16.9. The lowest BCUT2D eigenvalue weighted by Gasteiger charge is -2.38. The van der Waals surface area contributed by atoms with Crippen LogP contribution in [0.15, 0.2) is 12.1 Å². The van der Waals surface area contributed by atoms with Crippen LogP contribution in [-0.2, 0) is 4.65 Å². The lowest BCUT2D eigenvalue weighted by molar-refractivity contribution is -0.0983. The first-order valence-corrected chi connectivity index (χ1v) is 6.34. The molecule has 0 aliphatic carbocycles. The highest BCUT2D eigenvalue weighted by atomic mass is 35.5. The minimum Gasteiger partial charge on any atom is -0.423 e. The number of rotatable bonds is 4. The molecule has 0 amide bonds. The summed E-state index contributed by atoms with van der Waals surface area (Å²) in [6.07, 6.45) is 0. The van der Waals surface area contributed by atoms with Crippen molar-refractivity contribution >= 4 is 24.2 Å². The van der Waals surface area contributed by atoms with E-state index in [9.17, 15) is 14.5 Å². The fourth-order valence-corrected chi connectivity index (χ4v) is 1.52. The summed E-state index contributed by atoms with van der Waals surface area (Å²) in [5.74, 6) is -0.784. The maximum Gasteiger partial charge on any atom is 0.494 e. The standard InChI is InChI=1S/C13H16BClFNO3/c1-12(2,18)13(3,4)20-14(19)9-5-8(7-17)10(15)6-11(9)16/h5-6,18-19H,1-4H3. The maximum absolute atomic E-state index is 13.8. The topological polar surface area (TPSA) is 73.5 Å². The summed E-state index contributed by atoms with van der Waals surface area (Å²) >= 11 is 5.69. The molecule has 1 aromatic rings. The Morgan fingerprint density at radius 1 is 1.35 bits per heavy atom. The summed E-state index contributed by atoms with van der Waals surface area (Å²) in [6.45, 7) is 6.15. The lowest BCUT2D eigenvalue weighted by atomic mass is 9.75. The summed E-state index contributed by atoms with van der Waals surface area (Å²) in [7, 11) is -1.62.